The Kier molecular flexibility index (Phi) is 6.77. The van der Waals surface area contributed by atoms with Gasteiger partial charge in [0.2, 0.25) is 0 Å². The molecule has 0 fully saturated rings. The van der Waals surface area contributed by atoms with Gasteiger partial charge in [0.1, 0.15) is 0 Å². The molecule has 0 nitrogen and oxygen atoms in total. The summed E-state index contributed by atoms with van der Waals surface area (Å²) in [6.45, 7) is 0. The van der Waals surface area contributed by atoms with E-state index in [1.54, 1.807) is 6.08 Å². The second-order valence-electron chi connectivity index (χ2n) is 8.26. The number of allylic oxidation sites excluding steroid dienone is 4. The monoisotopic (exact) mass is 496 g/mol. The van der Waals surface area contributed by atoms with Crippen molar-refractivity contribution in [2.24, 2.45) is 0 Å². The molecule has 4 rings (SSSR count). The molecule has 0 spiro atoms. The van der Waals surface area contributed by atoms with Crippen LogP contribution in [-0.4, -0.2) is 6.18 Å². The third-order valence-corrected chi connectivity index (χ3v) is 18.3. The van der Waals surface area contributed by atoms with Gasteiger partial charge < -0.3 is 0 Å². The van der Waals surface area contributed by atoms with Crippen molar-refractivity contribution in [2.75, 3.05) is 0 Å². The predicted octanol–water partition coefficient (Wildman–Crippen LogP) is 7.52. The topological polar surface area (TPSA) is 0 Å². The maximum atomic E-state index is 14.1. The SMILES string of the molecule is FC(F)(F)C1=[C]([Zr]([CH2]c2ccccc2)([CH2]c2ccccc2)[CH2]c2ccccc2)CC=C1. The van der Waals surface area contributed by atoms with Crippen LogP contribution in [0.15, 0.2) is 112 Å². The van der Waals surface area contributed by atoms with Gasteiger partial charge in [-0.2, -0.15) is 0 Å². The van der Waals surface area contributed by atoms with Gasteiger partial charge in [0.05, 0.1) is 0 Å². The van der Waals surface area contributed by atoms with Gasteiger partial charge in [0.15, 0.2) is 0 Å². The summed E-state index contributed by atoms with van der Waals surface area (Å²) >= 11 is -3.67. The first kappa shape index (κ1) is 22.0. The molecule has 4 heteroatoms. The van der Waals surface area contributed by atoms with Crippen LogP contribution in [-0.2, 0) is 32.7 Å². The molecule has 0 amide bonds. The molecule has 0 saturated heterocycles. The van der Waals surface area contributed by atoms with Crippen molar-refractivity contribution in [1.29, 1.82) is 0 Å². The predicted molar refractivity (Wildman–Crippen MR) is 117 cm³/mol. The molecule has 1 aliphatic carbocycles. The van der Waals surface area contributed by atoms with Crippen molar-refractivity contribution in [3.05, 3.63) is 129 Å². The quantitative estimate of drug-likeness (QED) is 0.317. The van der Waals surface area contributed by atoms with Crippen LogP contribution in [0.4, 0.5) is 13.2 Å². The molecule has 0 bridgehead atoms. The van der Waals surface area contributed by atoms with Crippen LogP contribution in [0.25, 0.3) is 0 Å². The molecule has 0 unspecified atom stereocenters. The number of rotatable bonds is 7. The van der Waals surface area contributed by atoms with Crippen LogP contribution in [0, 0.1) is 0 Å². The van der Waals surface area contributed by atoms with E-state index in [0.29, 0.717) is 9.70 Å². The molecule has 0 heterocycles. The average Bonchev–Trinajstić information content (AvgIpc) is 3.27. The van der Waals surface area contributed by atoms with E-state index in [0.717, 1.165) is 29.1 Å². The van der Waals surface area contributed by atoms with Gasteiger partial charge in [0.25, 0.3) is 0 Å². The summed E-state index contributed by atoms with van der Waals surface area (Å²) in [6, 6.07) is 30.2. The minimum absolute atomic E-state index is 0.383. The van der Waals surface area contributed by atoms with E-state index in [-0.39, 0.29) is 5.57 Å². The van der Waals surface area contributed by atoms with Crippen LogP contribution in [0.2, 0.25) is 0 Å². The molecular weight excluding hydrogens is 473 g/mol. The molecule has 3 aromatic rings. The van der Waals surface area contributed by atoms with Gasteiger partial charge in [-0.1, -0.05) is 0 Å². The fourth-order valence-electron chi connectivity index (χ4n) is 4.74. The normalized spacial score (nSPS) is 14.3. The van der Waals surface area contributed by atoms with Gasteiger partial charge in [-0.25, -0.2) is 0 Å². The van der Waals surface area contributed by atoms with E-state index in [9.17, 15) is 13.2 Å². The van der Waals surface area contributed by atoms with E-state index >= 15 is 0 Å². The number of hydrogen-bond donors (Lipinski definition) is 0. The molecule has 3 aromatic carbocycles. The second kappa shape index (κ2) is 9.53. The Hall–Kier alpha value is -2.19. The Morgan fingerprint density at radius 2 is 1.00 bits per heavy atom. The van der Waals surface area contributed by atoms with Crippen molar-refractivity contribution in [3.8, 4) is 0 Å². The molecule has 0 N–H and O–H groups in total. The molecule has 1 aliphatic rings. The van der Waals surface area contributed by atoms with E-state index in [2.05, 4.69) is 36.4 Å². The molecule has 0 aromatic heterocycles. The van der Waals surface area contributed by atoms with E-state index in [4.69, 9.17) is 0 Å². The van der Waals surface area contributed by atoms with Crippen LogP contribution in [0.1, 0.15) is 23.1 Å². The zero-order valence-electron chi connectivity index (χ0n) is 17.3. The summed E-state index contributed by atoms with van der Waals surface area (Å²) in [5, 5.41) is 0. The minimum atomic E-state index is -4.31. The maximum absolute atomic E-state index is 14.1. The molecular formula is C27H25F3Zr. The van der Waals surface area contributed by atoms with Crippen LogP contribution in [0.3, 0.4) is 0 Å². The fourth-order valence-corrected chi connectivity index (χ4v) is 18.0. The summed E-state index contributed by atoms with van der Waals surface area (Å²) in [4.78, 5) is 0. The Morgan fingerprint density at radius 1 is 0.613 bits per heavy atom. The summed E-state index contributed by atoms with van der Waals surface area (Å²) in [5.74, 6) is 0. The van der Waals surface area contributed by atoms with Gasteiger partial charge in [-0.3, -0.25) is 0 Å². The Morgan fingerprint density at radius 3 is 1.35 bits per heavy atom. The van der Waals surface area contributed by atoms with Crippen molar-refractivity contribution in [1.82, 2.24) is 0 Å². The standard InChI is InChI=1S/3C7H7.C6H4F3.Zr/c3*1-7-5-3-2-4-6-7;7-6(8,9)5-3-1-2-4-5;/h3*2-6H,1H2;1,3H,2H2;. The number of alkyl halides is 3. The molecule has 0 saturated carbocycles. The molecule has 158 valence electrons. The first-order valence-electron chi connectivity index (χ1n) is 10.6. The second-order valence-corrected chi connectivity index (χ2v) is 18.6. The van der Waals surface area contributed by atoms with Gasteiger partial charge >= 0.3 is 187 Å². The Balaban J connectivity index is 1.89. The van der Waals surface area contributed by atoms with Crippen molar-refractivity contribution in [3.63, 3.8) is 0 Å². The summed E-state index contributed by atoms with van der Waals surface area (Å²) in [5.41, 5.74) is 3.05. The van der Waals surface area contributed by atoms with Gasteiger partial charge in [0, 0.05) is 0 Å². The average molecular weight is 498 g/mol. The molecule has 0 radical (unpaired) electrons. The van der Waals surface area contributed by atoms with Crippen LogP contribution in [0.5, 0.6) is 0 Å². The van der Waals surface area contributed by atoms with Crippen LogP contribution < -0.4 is 0 Å². The summed E-state index contributed by atoms with van der Waals surface area (Å²) in [7, 11) is 0. The van der Waals surface area contributed by atoms with E-state index in [1.165, 1.54) is 6.08 Å². The zero-order chi connectivity index (χ0) is 21.7. The summed E-state index contributed by atoms with van der Waals surface area (Å²) in [6.07, 6.45) is -0.848. The van der Waals surface area contributed by atoms with Crippen LogP contribution >= 0.6 is 0 Å². The van der Waals surface area contributed by atoms with Gasteiger partial charge in [-0.15, -0.1) is 0 Å². The van der Waals surface area contributed by atoms with Gasteiger partial charge in [-0.05, 0) is 0 Å². The van der Waals surface area contributed by atoms with Crippen molar-refractivity contribution in [2.45, 2.75) is 25.0 Å². The Labute approximate surface area is 186 Å². The number of benzene rings is 3. The first-order valence-corrected chi connectivity index (χ1v) is 17.0. The zero-order valence-corrected chi connectivity index (χ0v) is 19.7. The third-order valence-electron chi connectivity index (χ3n) is 6.03. The molecule has 31 heavy (non-hydrogen) atoms. The van der Waals surface area contributed by atoms with Crippen molar-refractivity contribution < 1.29 is 33.4 Å². The number of hydrogen-bond acceptors (Lipinski definition) is 0. The van der Waals surface area contributed by atoms with E-state index in [1.807, 2.05) is 54.6 Å². The summed E-state index contributed by atoms with van der Waals surface area (Å²) < 4.78 is 45.2. The van der Waals surface area contributed by atoms with Crippen molar-refractivity contribution >= 4 is 0 Å². The first-order chi connectivity index (χ1) is 15.0. The third kappa shape index (κ3) is 5.36. The fraction of sp³-hybridized carbons (Fsp3) is 0.185. The number of halogens is 3. The molecule has 0 aliphatic heterocycles. The molecule has 0 atom stereocenters. The van der Waals surface area contributed by atoms with E-state index < -0.39 is 26.4 Å². The Bertz CT molecular complexity index is 950.